The van der Waals surface area contributed by atoms with E-state index in [1.807, 2.05) is 30.0 Å². The third-order valence-electron chi connectivity index (χ3n) is 3.21. The maximum Gasteiger partial charge on any atom is 0.223 e. The van der Waals surface area contributed by atoms with Gasteiger partial charge in [0.2, 0.25) is 5.91 Å². The minimum absolute atomic E-state index is 0.0255. The maximum atomic E-state index is 12.0. The number of hydrogen-bond donors (Lipinski definition) is 0. The summed E-state index contributed by atoms with van der Waals surface area (Å²) in [7, 11) is 3.26. The topological polar surface area (TPSA) is 38.8 Å². The van der Waals surface area contributed by atoms with E-state index >= 15 is 0 Å². The molecule has 19 heavy (non-hydrogen) atoms. The largest absolute Gasteiger partial charge is 0.493 e. The van der Waals surface area contributed by atoms with Crippen LogP contribution >= 0.6 is 11.8 Å². The van der Waals surface area contributed by atoms with Crippen LogP contribution in [0.15, 0.2) is 18.2 Å². The Hall–Kier alpha value is -1.36. The van der Waals surface area contributed by atoms with E-state index in [-0.39, 0.29) is 11.3 Å². The van der Waals surface area contributed by atoms with Crippen LogP contribution in [0.25, 0.3) is 0 Å². The number of thioether (sulfide) groups is 1. The Labute approximate surface area is 118 Å². The second kappa shape index (κ2) is 6.19. The highest BCUT2D eigenvalue weighted by Gasteiger charge is 2.32. The van der Waals surface area contributed by atoms with E-state index in [1.165, 1.54) is 0 Å². The van der Waals surface area contributed by atoms with Gasteiger partial charge in [-0.1, -0.05) is 19.1 Å². The van der Waals surface area contributed by atoms with Crippen molar-refractivity contribution in [2.45, 2.75) is 18.7 Å². The summed E-state index contributed by atoms with van der Waals surface area (Å²) in [4.78, 5) is 13.9. The molecule has 1 aliphatic heterocycles. The number of hydrogen-bond acceptors (Lipinski definition) is 4. The van der Waals surface area contributed by atoms with Gasteiger partial charge in [-0.25, -0.2) is 0 Å². The highest BCUT2D eigenvalue weighted by Crippen LogP contribution is 2.45. The van der Waals surface area contributed by atoms with Gasteiger partial charge in [-0.05, 0) is 6.07 Å². The molecule has 1 fully saturated rings. The Morgan fingerprint density at radius 1 is 1.42 bits per heavy atom. The Morgan fingerprint density at radius 3 is 2.84 bits per heavy atom. The fraction of sp³-hybridized carbons (Fsp3) is 0.500. The molecular weight excluding hydrogens is 262 g/mol. The number of amides is 1. The zero-order chi connectivity index (χ0) is 13.8. The van der Waals surface area contributed by atoms with Crippen LogP contribution in [0.2, 0.25) is 0 Å². The van der Waals surface area contributed by atoms with Crippen LogP contribution in [0.5, 0.6) is 11.5 Å². The molecule has 4 nitrogen and oxygen atoms in total. The molecule has 0 unspecified atom stereocenters. The van der Waals surface area contributed by atoms with Crippen molar-refractivity contribution in [2.75, 3.05) is 26.5 Å². The number of nitrogens with zero attached hydrogens (tertiary/aromatic N) is 1. The zero-order valence-electron chi connectivity index (χ0n) is 11.5. The van der Waals surface area contributed by atoms with Gasteiger partial charge in [0.25, 0.3) is 0 Å². The minimum atomic E-state index is 0.0255. The first kappa shape index (κ1) is 14.1. The summed E-state index contributed by atoms with van der Waals surface area (Å²) < 4.78 is 10.8. The lowest BCUT2D eigenvalue weighted by Crippen LogP contribution is -2.29. The predicted molar refractivity (Wildman–Crippen MR) is 76.7 cm³/mol. The molecule has 1 aromatic rings. The third-order valence-corrected chi connectivity index (χ3v) is 4.46. The van der Waals surface area contributed by atoms with Gasteiger partial charge in [0.05, 0.1) is 14.2 Å². The van der Waals surface area contributed by atoms with Crippen LogP contribution in [0, 0.1) is 0 Å². The number of methoxy groups -OCH3 is 2. The third kappa shape index (κ3) is 2.66. The van der Waals surface area contributed by atoms with Crippen LogP contribution in [0.3, 0.4) is 0 Å². The van der Waals surface area contributed by atoms with Crippen LogP contribution in [-0.4, -0.2) is 37.3 Å². The molecule has 0 spiro atoms. The van der Waals surface area contributed by atoms with Gasteiger partial charge in [-0.3, -0.25) is 4.79 Å². The van der Waals surface area contributed by atoms with E-state index < -0.39 is 0 Å². The van der Waals surface area contributed by atoms with Crippen molar-refractivity contribution in [1.82, 2.24) is 4.90 Å². The SMILES string of the molecule is CCC(=O)N1CCS[C@H]1c1cccc(OC)c1OC. The summed E-state index contributed by atoms with van der Waals surface area (Å²) in [5, 5.41) is 0.0255. The average molecular weight is 281 g/mol. The Bertz CT molecular complexity index is 464. The van der Waals surface area contributed by atoms with E-state index in [0.29, 0.717) is 12.2 Å². The van der Waals surface area contributed by atoms with Gasteiger partial charge in [0, 0.05) is 24.3 Å². The number of carbonyl (C=O) groups is 1. The Morgan fingerprint density at radius 2 is 2.21 bits per heavy atom. The Balaban J connectivity index is 2.38. The zero-order valence-corrected chi connectivity index (χ0v) is 12.3. The van der Waals surface area contributed by atoms with Crippen LogP contribution in [0.4, 0.5) is 0 Å². The van der Waals surface area contributed by atoms with Crippen LogP contribution in [-0.2, 0) is 4.79 Å². The first-order valence-corrected chi connectivity index (χ1v) is 7.39. The molecule has 1 aliphatic rings. The molecule has 0 aromatic heterocycles. The highest BCUT2D eigenvalue weighted by atomic mass is 32.2. The first-order valence-electron chi connectivity index (χ1n) is 6.34. The lowest BCUT2D eigenvalue weighted by molar-refractivity contribution is -0.131. The fourth-order valence-corrected chi connectivity index (χ4v) is 3.59. The van der Waals surface area contributed by atoms with Crippen LogP contribution in [0.1, 0.15) is 24.3 Å². The highest BCUT2D eigenvalue weighted by molar-refractivity contribution is 7.99. The predicted octanol–water partition coefficient (Wildman–Crippen LogP) is 2.69. The summed E-state index contributed by atoms with van der Waals surface area (Å²) in [6.07, 6.45) is 0.531. The maximum absolute atomic E-state index is 12.0. The summed E-state index contributed by atoms with van der Waals surface area (Å²) in [6, 6.07) is 5.80. The lowest BCUT2D eigenvalue weighted by atomic mass is 10.1. The van der Waals surface area contributed by atoms with Crippen LogP contribution < -0.4 is 9.47 Å². The van der Waals surface area contributed by atoms with E-state index in [4.69, 9.17) is 9.47 Å². The molecule has 0 radical (unpaired) electrons. The number of carbonyl (C=O) groups excluding carboxylic acids is 1. The summed E-state index contributed by atoms with van der Waals surface area (Å²) in [5.41, 5.74) is 1.01. The average Bonchev–Trinajstić information content (AvgIpc) is 2.94. The standard InChI is InChI=1S/C14H19NO3S/c1-4-12(16)15-8-9-19-14(15)10-6-5-7-11(17-2)13(10)18-3/h5-7,14H,4,8-9H2,1-3H3/t14-/m0/s1. The van der Waals surface area contributed by atoms with E-state index in [1.54, 1.807) is 26.0 Å². The van der Waals surface area contributed by atoms with Gasteiger partial charge in [0.15, 0.2) is 11.5 Å². The second-order valence-corrected chi connectivity index (χ2v) is 5.43. The quantitative estimate of drug-likeness (QED) is 0.850. The summed E-state index contributed by atoms with van der Waals surface area (Å²) >= 11 is 1.77. The van der Waals surface area contributed by atoms with Crippen molar-refractivity contribution >= 4 is 17.7 Å². The molecule has 0 saturated carbocycles. The summed E-state index contributed by atoms with van der Waals surface area (Å²) in [5.74, 6) is 2.56. The smallest absolute Gasteiger partial charge is 0.223 e. The normalized spacial score (nSPS) is 18.5. The second-order valence-electron chi connectivity index (χ2n) is 4.25. The van der Waals surface area contributed by atoms with Crippen molar-refractivity contribution in [3.63, 3.8) is 0 Å². The number of para-hydroxylation sites is 1. The Kier molecular flexibility index (Phi) is 4.58. The van der Waals surface area contributed by atoms with E-state index in [9.17, 15) is 4.79 Å². The lowest BCUT2D eigenvalue weighted by Gasteiger charge is -2.25. The van der Waals surface area contributed by atoms with Gasteiger partial charge < -0.3 is 14.4 Å². The van der Waals surface area contributed by atoms with Crippen molar-refractivity contribution in [2.24, 2.45) is 0 Å². The monoisotopic (exact) mass is 281 g/mol. The van der Waals surface area contributed by atoms with Crippen molar-refractivity contribution in [3.05, 3.63) is 23.8 Å². The molecule has 1 amide bonds. The number of benzene rings is 1. The van der Waals surface area contributed by atoms with E-state index in [2.05, 4.69) is 0 Å². The van der Waals surface area contributed by atoms with Gasteiger partial charge >= 0.3 is 0 Å². The molecular formula is C14H19NO3S. The molecule has 0 N–H and O–H groups in total. The molecule has 2 rings (SSSR count). The first-order chi connectivity index (χ1) is 9.22. The number of rotatable bonds is 4. The molecule has 1 aromatic carbocycles. The van der Waals surface area contributed by atoms with Gasteiger partial charge in [-0.2, -0.15) is 0 Å². The minimum Gasteiger partial charge on any atom is -0.493 e. The van der Waals surface area contributed by atoms with Gasteiger partial charge in [0.1, 0.15) is 5.37 Å². The molecule has 1 atom stereocenters. The van der Waals surface area contributed by atoms with Gasteiger partial charge in [-0.15, -0.1) is 11.8 Å². The van der Waals surface area contributed by atoms with Crippen molar-refractivity contribution in [1.29, 1.82) is 0 Å². The van der Waals surface area contributed by atoms with Crippen molar-refractivity contribution < 1.29 is 14.3 Å². The fourth-order valence-electron chi connectivity index (χ4n) is 2.29. The molecule has 104 valence electrons. The molecule has 0 aliphatic carbocycles. The molecule has 1 saturated heterocycles. The number of ether oxygens (including phenoxy) is 2. The molecule has 0 bridgehead atoms. The summed E-state index contributed by atoms with van der Waals surface area (Å²) in [6.45, 7) is 2.69. The van der Waals surface area contributed by atoms with Crippen molar-refractivity contribution in [3.8, 4) is 11.5 Å². The molecule has 1 heterocycles. The van der Waals surface area contributed by atoms with E-state index in [0.717, 1.165) is 23.6 Å². The molecule has 5 heteroatoms.